The molecule has 2 aliphatic heterocycles. The largest absolute Gasteiger partial charge is 0.304 e. The van der Waals surface area contributed by atoms with Crippen LogP contribution in [0.2, 0.25) is 0 Å². The van der Waals surface area contributed by atoms with Gasteiger partial charge in [-0.05, 0) is 19.9 Å². The second-order valence-electron chi connectivity index (χ2n) is 4.32. The lowest BCUT2D eigenvalue weighted by Gasteiger charge is -2.33. The smallest absolute Gasteiger partial charge is 0.282 e. The Hall–Kier alpha value is -0.170. The van der Waals surface area contributed by atoms with E-state index in [1.54, 1.807) is 8.61 Å². The summed E-state index contributed by atoms with van der Waals surface area (Å²) in [4.78, 5) is 2.16. The van der Waals surface area contributed by atoms with E-state index in [9.17, 15) is 8.42 Å². The number of rotatable bonds is 2. The zero-order chi connectivity index (χ0) is 10.9. The van der Waals surface area contributed by atoms with Crippen LogP contribution >= 0.6 is 0 Å². The predicted octanol–water partition coefficient (Wildman–Crippen LogP) is -0.426. The van der Waals surface area contributed by atoms with Crippen molar-refractivity contribution in [1.82, 2.24) is 13.5 Å². The molecule has 6 heteroatoms. The molecule has 0 unspecified atom stereocenters. The first kappa shape index (κ1) is 11.3. The van der Waals surface area contributed by atoms with Crippen LogP contribution in [0.3, 0.4) is 0 Å². The lowest BCUT2D eigenvalue weighted by atomic mass is 10.4. The van der Waals surface area contributed by atoms with E-state index in [4.69, 9.17) is 0 Å². The van der Waals surface area contributed by atoms with Crippen LogP contribution in [-0.4, -0.2) is 68.2 Å². The van der Waals surface area contributed by atoms with Crippen LogP contribution in [-0.2, 0) is 10.2 Å². The summed E-state index contributed by atoms with van der Waals surface area (Å²) in [7, 11) is -1.12. The van der Waals surface area contributed by atoms with Crippen molar-refractivity contribution in [2.75, 3.05) is 46.3 Å². The SMILES string of the molecule is CN1CCN(S(=O)(=O)N2CCCC2)CC1. The van der Waals surface area contributed by atoms with Crippen molar-refractivity contribution in [2.45, 2.75) is 12.8 Å². The standard InChI is InChI=1S/C9H19N3O2S/c1-10-6-8-12(9-7-10)15(13,14)11-4-2-3-5-11/h2-9H2,1H3. The van der Waals surface area contributed by atoms with Crippen LogP contribution < -0.4 is 0 Å². The van der Waals surface area contributed by atoms with E-state index >= 15 is 0 Å². The van der Waals surface area contributed by atoms with Crippen LogP contribution in [0.4, 0.5) is 0 Å². The predicted molar refractivity (Wildman–Crippen MR) is 58.8 cm³/mol. The second kappa shape index (κ2) is 4.37. The molecule has 2 saturated heterocycles. The summed E-state index contributed by atoms with van der Waals surface area (Å²) in [5.41, 5.74) is 0. The Balaban J connectivity index is 2.02. The Morgan fingerprint density at radius 2 is 1.27 bits per heavy atom. The van der Waals surface area contributed by atoms with Gasteiger partial charge in [0.25, 0.3) is 10.2 Å². The van der Waals surface area contributed by atoms with Crippen molar-refractivity contribution in [2.24, 2.45) is 0 Å². The van der Waals surface area contributed by atoms with Crippen LogP contribution in [0.15, 0.2) is 0 Å². The average Bonchev–Trinajstić information content (AvgIpc) is 2.71. The highest BCUT2D eigenvalue weighted by atomic mass is 32.2. The van der Waals surface area contributed by atoms with Crippen molar-refractivity contribution in [3.63, 3.8) is 0 Å². The number of nitrogens with zero attached hydrogens (tertiary/aromatic N) is 3. The zero-order valence-corrected chi connectivity index (χ0v) is 10.0. The molecule has 0 aromatic rings. The minimum absolute atomic E-state index is 0.634. The molecule has 0 N–H and O–H groups in total. The topological polar surface area (TPSA) is 43.9 Å². The molecule has 5 nitrogen and oxygen atoms in total. The summed E-state index contributed by atoms with van der Waals surface area (Å²) in [6.45, 7) is 4.36. The maximum Gasteiger partial charge on any atom is 0.282 e. The van der Waals surface area contributed by atoms with E-state index in [1.165, 1.54) is 0 Å². The highest BCUT2D eigenvalue weighted by Gasteiger charge is 2.32. The van der Waals surface area contributed by atoms with Gasteiger partial charge in [-0.3, -0.25) is 0 Å². The fraction of sp³-hybridized carbons (Fsp3) is 1.00. The van der Waals surface area contributed by atoms with Crippen molar-refractivity contribution in [3.8, 4) is 0 Å². The third kappa shape index (κ3) is 2.33. The van der Waals surface area contributed by atoms with E-state index in [2.05, 4.69) is 4.90 Å². The molecule has 2 fully saturated rings. The summed E-state index contributed by atoms with van der Waals surface area (Å²) in [5.74, 6) is 0. The molecule has 0 radical (unpaired) electrons. The van der Waals surface area contributed by atoms with Gasteiger partial charge < -0.3 is 4.90 Å². The monoisotopic (exact) mass is 233 g/mol. The minimum Gasteiger partial charge on any atom is -0.304 e. The normalized spacial score (nSPS) is 27.3. The zero-order valence-electron chi connectivity index (χ0n) is 9.22. The molecular formula is C9H19N3O2S. The number of piperazine rings is 1. The number of hydrogen-bond donors (Lipinski definition) is 0. The summed E-state index contributed by atoms with van der Waals surface area (Å²) < 4.78 is 27.5. The van der Waals surface area contributed by atoms with Gasteiger partial charge in [-0.2, -0.15) is 17.0 Å². The molecule has 0 atom stereocenters. The van der Waals surface area contributed by atoms with E-state index in [0.29, 0.717) is 26.2 Å². The molecule has 15 heavy (non-hydrogen) atoms. The molecule has 0 aliphatic carbocycles. The molecule has 2 heterocycles. The third-order valence-electron chi connectivity index (χ3n) is 3.18. The minimum atomic E-state index is -3.15. The highest BCUT2D eigenvalue weighted by Crippen LogP contribution is 2.17. The van der Waals surface area contributed by atoms with Crippen molar-refractivity contribution < 1.29 is 8.42 Å². The van der Waals surface area contributed by atoms with Gasteiger partial charge in [-0.25, -0.2) is 0 Å². The van der Waals surface area contributed by atoms with E-state index in [1.807, 2.05) is 7.05 Å². The van der Waals surface area contributed by atoms with Crippen LogP contribution in [0.1, 0.15) is 12.8 Å². The van der Waals surface area contributed by atoms with Gasteiger partial charge in [-0.15, -0.1) is 0 Å². The van der Waals surface area contributed by atoms with Gasteiger partial charge in [0.15, 0.2) is 0 Å². The molecule has 0 bridgehead atoms. The molecule has 0 aromatic heterocycles. The Morgan fingerprint density at radius 3 is 1.80 bits per heavy atom. The average molecular weight is 233 g/mol. The highest BCUT2D eigenvalue weighted by molar-refractivity contribution is 7.86. The number of likely N-dealkylation sites (N-methyl/N-ethyl adjacent to an activating group) is 1. The van der Waals surface area contributed by atoms with Crippen molar-refractivity contribution in [3.05, 3.63) is 0 Å². The first-order valence-electron chi connectivity index (χ1n) is 5.54. The summed E-state index contributed by atoms with van der Waals surface area (Å²) in [6.07, 6.45) is 2.01. The van der Waals surface area contributed by atoms with Gasteiger partial charge >= 0.3 is 0 Å². The molecule has 88 valence electrons. The fourth-order valence-electron chi connectivity index (χ4n) is 2.10. The quantitative estimate of drug-likeness (QED) is 0.650. The molecule has 2 aliphatic rings. The van der Waals surface area contributed by atoms with Crippen LogP contribution in [0.5, 0.6) is 0 Å². The molecule has 0 spiro atoms. The number of hydrogen-bond acceptors (Lipinski definition) is 3. The van der Waals surface area contributed by atoms with Gasteiger partial charge in [0, 0.05) is 39.3 Å². The molecular weight excluding hydrogens is 214 g/mol. The van der Waals surface area contributed by atoms with Gasteiger partial charge in [0.05, 0.1) is 0 Å². The van der Waals surface area contributed by atoms with E-state index in [0.717, 1.165) is 25.9 Å². The molecule has 2 rings (SSSR count). The van der Waals surface area contributed by atoms with Gasteiger partial charge in [0.2, 0.25) is 0 Å². The first-order valence-corrected chi connectivity index (χ1v) is 6.94. The third-order valence-corrected chi connectivity index (χ3v) is 5.22. The Kier molecular flexibility index (Phi) is 3.30. The maximum atomic E-state index is 12.1. The van der Waals surface area contributed by atoms with Gasteiger partial charge in [-0.1, -0.05) is 0 Å². The van der Waals surface area contributed by atoms with Crippen molar-refractivity contribution in [1.29, 1.82) is 0 Å². The summed E-state index contributed by atoms with van der Waals surface area (Å²) in [5, 5.41) is 0. The van der Waals surface area contributed by atoms with E-state index in [-0.39, 0.29) is 0 Å². The molecule has 0 amide bonds. The molecule has 0 saturated carbocycles. The Labute approximate surface area is 91.8 Å². The van der Waals surface area contributed by atoms with Crippen LogP contribution in [0.25, 0.3) is 0 Å². The fourth-order valence-corrected chi connectivity index (χ4v) is 3.77. The molecule has 0 aromatic carbocycles. The summed E-state index contributed by atoms with van der Waals surface area (Å²) >= 11 is 0. The Bertz CT molecular complexity index is 303. The van der Waals surface area contributed by atoms with Gasteiger partial charge in [0.1, 0.15) is 0 Å². The Morgan fingerprint density at radius 1 is 0.800 bits per heavy atom. The first-order chi connectivity index (χ1) is 7.10. The lowest BCUT2D eigenvalue weighted by molar-refractivity contribution is 0.214. The van der Waals surface area contributed by atoms with Crippen molar-refractivity contribution >= 4 is 10.2 Å². The van der Waals surface area contributed by atoms with Crippen LogP contribution in [0, 0.1) is 0 Å². The summed E-state index contributed by atoms with van der Waals surface area (Å²) in [6, 6.07) is 0. The maximum absolute atomic E-state index is 12.1. The second-order valence-corrected chi connectivity index (χ2v) is 6.24. The van der Waals surface area contributed by atoms with E-state index < -0.39 is 10.2 Å². The lowest BCUT2D eigenvalue weighted by Crippen LogP contribution is -2.51.